The molecule has 11 heavy (non-hydrogen) atoms. The summed E-state index contributed by atoms with van der Waals surface area (Å²) in [5.74, 6) is 0.713. The Morgan fingerprint density at radius 2 is 2.00 bits per heavy atom. The van der Waals surface area contributed by atoms with Gasteiger partial charge in [0.25, 0.3) is 0 Å². The average molecular weight is 198 g/mol. The van der Waals surface area contributed by atoms with Gasteiger partial charge in [-0.15, -0.1) is 0 Å². The van der Waals surface area contributed by atoms with E-state index in [4.69, 9.17) is 4.55 Å². The third-order valence-corrected chi connectivity index (χ3v) is 4.22. The van der Waals surface area contributed by atoms with Crippen molar-refractivity contribution < 1.29 is 17.2 Å². The zero-order valence-electron chi connectivity index (χ0n) is 5.89. The first kappa shape index (κ1) is 9.15. The van der Waals surface area contributed by atoms with E-state index in [0.717, 1.165) is 0 Å². The number of rotatable bonds is 3. The summed E-state index contributed by atoms with van der Waals surface area (Å²) < 4.78 is 39.7. The van der Waals surface area contributed by atoms with E-state index in [1.165, 1.54) is 0 Å². The van der Waals surface area contributed by atoms with Gasteiger partial charge < -0.3 is 4.55 Å². The summed E-state index contributed by atoms with van der Waals surface area (Å²) in [4.78, 5) is 0. The molecule has 1 unspecified atom stereocenters. The Bertz CT molecular complexity index is 244. The minimum absolute atomic E-state index is 0.121. The van der Waals surface area contributed by atoms with Gasteiger partial charge in [-0.1, -0.05) is 0 Å². The second-order valence-corrected chi connectivity index (χ2v) is 5.96. The van der Waals surface area contributed by atoms with Crippen LogP contribution in [0.5, 0.6) is 0 Å². The zero-order valence-corrected chi connectivity index (χ0v) is 7.53. The molecule has 1 aliphatic heterocycles. The Kier molecular flexibility index (Phi) is 2.66. The van der Waals surface area contributed by atoms with E-state index in [9.17, 15) is 12.6 Å². The van der Waals surface area contributed by atoms with E-state index < -0.39 is 20.9 Å². The molecule has 0 bridgehead atoms. The van der Waals surface area contributed by atoms with Crippen molar-refractivity contribution in [3.63, 3.8) is 0 Å². The Hall–Kier alpha value is 0.0600. The predicted octanol–water partition coefficient (Wildman–Crippen LogP) is -0.357. The monoisotopic (exact) mass is 198 g/mol. The Morgan fingerprint density at radius 3 is 2.36 bits per heavy atom. The lowest BCUT2D eigenvalue weighted by Gasteiger charge is -2.24. The van der Waals surface area contributed by atoms with Crippen LogP contribution in [0.2, 0.25) is 0 Å². The topological polar surface area (TPSA) is 71.4 Å². The molecule has 1 rings (SSSR count). The Balaban J connectivity index is 2.19. The summed E-state index contributed by atoms with van der Waals surface area (Å²) in [6.45, 7) is 0. The Labute approximate surface area is 68.2 Å². The highest BCUT2D eigenvalue weighted by atomic mass is 32.2. The first-order chi connectivity index (χ1) is 4.99. The van der Waals surface area contributed by atoms with Gasteiger partial charge in [0.15, 0.2) is 20.9 Å². The molecular formula is C5H10O4S2. The molecule has 4 nitrogen and oxygen atoms in total. The van der Waals surface area contributed by atoms with Crippen molar-refractivity contribution >= 4 is 20.9 Å². The van der Waals surface area contributed by atoms with Crippen molar-refractivity contribution in [2.75, 3.05) is 17.3 Å². The molecule has 1 heterocycles. The van der Waals surface area contributed by atoms with Gasteiger partial charge in [0.05, 0.1) is 11.5 Å². The van der Waals surface area contributed by atoms with Crippen LogP contribution in [-0.4, -0.2) is 34.4 Å². The van der Waals surface area contributed by atoms with E-state index in [1.807, 2.05) is 0 Å². The van der Waals surface area contributed by atoms with Gasteiger partial charge in [0.2, 0.25) is 0 Å². The third kappa shape index (κ3) is 2.88. The highest BCUT2D eigenvalue weighted by molar-refractivity contribution is 7.92. The largest absolute Gasteiger partial charge is 0.306 e. The van der Waals surface area contributed by atoms with Gasteiger partial charge in [-0.3, -0.25) is 0 Å². The summed E-state index contributed by atoms with van der Waals surface area (Å²) in [5, 5.41) is 0. The zero-order chi connectivity index (χ0) is 8.48. The van der Waals surface area contributed by atoms with Gasteiger partial charge in [0.1, 0.15) is 0 Å². The van der Waals surface area contributed by atoms with E-state index >= 15 is 0 Å². The number of hydrogen-bond acceptors (Lipinski definition) is 3. The van der Waals surface area contributed by atoms with E-state index in [-0.39, 0.29) is 23.2 Å². The smallest absolute Gasteiger partial charge is 0.152 e. The van der Waals surface area contributed by atoms with E-state index in [1.54, 1.807) is 0 Å². The fraction of sp³-hybridized carbons (Fsp3) is 1.00. The summed E-state index contributed by atoms with van der Waals surface area (Å²) in [6.07, 6.45) is 0.544. The van der Waals surface area contributed by atoms with Crippen LogP contribution in [0, 0.1) is 5.92 Å². The second kappa shape index (κ2) is 3.20. The van der Waals surface area contributed by atoms with Crippen molar-refractivity contribution in [2.24, 2.45) is 5.92 Å². The molecule has 1 saturated heterocycles. The lowest BCUT2D eigenvalue weighted by atomic mass is 10.1. The Morgan fingerprint density at radius 1 is 1.45 bits per heavy atom. The molecule has 1 N–H and O–H groups in total. The average Bonchev–Trinajstić information content (AvgIpc) is 1.78. The van der Waals surface area contributed by atoms with Crippen molar-refractivity contribution in [3.05, 3.63) is 0 Å². The van der Waals surface area contributed by atoms with Crippen molar-refractivity contribution in [1.29, 1.82) is 0 Å². The maximum atomic E-state index is 10.6. The molecule has 1 aliphatic rings. The fourth-order valence-electron chi connectivity index (χ4n) is 1.10. The summed E-state index contributed by atoms with van der Waals surface area (Å²) in [6, 6.07) is 0. The molecule has 0 spiro atoms. The molecule has 0 radical (unpaired) electrons. The minimum Gasteiger partial charge on any atom is -0.306 e. The quantitative estimate of drug-likeness (QED) is 0.629. The van der Waals surface area contributed by atoms with Crippen molar-refractivity contribution in [3.8, 4) is 0 Å². The first-order valence-corrected chi connectivity index (χ1v) is 6.37. The van der Waals surface area contributed by atoms with Crippen LogP contribution >= 0.6 is 0 Å². The van der Waals surface area contributed by atoms with Crippen LogP contribution < -0.4 is 0 Å². The van der Waals surface area contributed by atoms with Crippen LogP contribution in [0.4, 0.5) is 0 Å². The van der Waals surface area contributed by atoms with Gasteiger partial charge in [-0.05, 0) is 12.3 Å². The van der Waals surface area contributed by atoms with Crippen LogP contribution in [0.15, 0.2) is 0 Å². The molecule has 0 aromatic carbocycles. The predicted molar refractivity (Wildman–Crippen MR) is 42.4 cm³/mol. The maximum Gasteiger partial charge on any atom is 0.152 e. The summed E-state index contributed by atoms with van der Waals surface area (Å²) in [5.41, 5.74) is 0. The lowest BCUT2D eigenvalue weighted by Crippen LogP contribution is -2.36. The van der Waals surface area contributed by atoms with Crippen LogP contribution in [0.3, 0.4) is 0 Å². The maximum absolute atomic E-state index is 10.6. The molecule has 0 aromatic heterocycles. The van der Waals surface area contributed by atoms with Gasteiger partial charge >= 0.3 is 0 Å². The first-order valence-electron chi connectivity index (χ1n) is 3.27. The fourth-order valence-corrected chi connectivity index (χ4v) is 3.31. The standard InChI is InChI=1S/C5H10O4S2/c6-10(7)2-1-5-3-11(8,9)4-5/h5H,1-4H2,(H,6,7). The van der Waals surface area contributed by atoms with Crippen LogP contribution in [0.25, 0.3) is 0 Å². The highest BCUT2D eigenvalue weighted by Crippen LogP contribution is 2.21. The molecule has 1 atom stereocenters. The minimum atomic E-state index is -2.76. The van der Waals surface area contributed by atoms with Crippen LogP contribution in [-0.2, 0) is 20.9 Å². The highest BCUT2D eigenvalue weighted by Gasteiger charge is 2.32. The van der Waals surface area contributed by atoms with Gasteiger partial charge in [-0.25, -0.2) is 12.6 Å². The van der Waals surface area contributed by atoms with Gasteiger partial charge in [0, 0.05) is 5.75 Å². The second-order valence-electron chi connectivity index (χ2n) is 2.76. The number of hydrogen-bond donors (Lipinski definition) is 1. The molecule has 0 saturated carbocycles. The van der Waals surface area contributed by atoms with Crippen LogP contribution in [0.1, 0.15) is 6.42 Å². The molecule has 0 aliphatic carbocycles. The molecule has 1 fully saturated rings. The lowest BCUT2D eigenvalue weighted by molar-refractivity contribution is 0.503. The summed E-state index contributed by atoms with van der Waals surface area (Å²) >= 11 is -1.77. The molecule has 66 valence electrons. The molecular weight excluding hydrogens is 188 g/mol. The van der Waals surface area contributed by atoms with E-state index in [0.29, 0.717) is 6.42 Å². The summed E-state index contributed by atoms with van der Waals surface area (Å²) in [7, 11) is -2.76. The van der Waals surface area contributed by atoms with E-state index in [2.05, 4.69) is 0 Å². The van der Waals surface area contributed by atoms with Crippen molar-refractivity contribution in [2.45, 2.75) is 6.42 Å². The third-order valence-electron chi connectivity index (χ3n) is 1.68. The normalized spacial score (nSPS) is 25.9. The molecule has 0 amide bonds. The van der Waals surface area contributed by atoms with Gasteiger partial charge in [-0.2, -0.15) is 0 Å². The molecule has 0 aromatic rings. The number of sulfone groups is 1. The molecule has 6 heteroatoms. The SMILES string of the molecule is O=S(O)CCC1CS(=O)(=O)C1. The van der Waals surface area contributed by atoms with Crippen molar-refractivity contribution in [1.82, 2.24) is 0 Å².